The van der Waals surface area contributed by atoms with Gasteiger partial charge in [-0.25, -0.2) is 0 Å². The van der Waals surface area contributed by atoms with Gasteiger partial charge in [0.1, 0.15) is 13.2 Å². The molecule has 2 nitrogen and oxygen atoms in total. The van der Waals surface area contributed by atoms with Crippen molar-refractivity contribution in [2.45, 2.75) is 12.4 Å². The maximum atomic E-state index is 11.3. The molecule has 78 valence electrons. The van der Waals surface area contributed by atoms with E-state index in [0.29, 0.717) is 0 Å². The average molecular weight is 210 g/mol. The van der Waals surface area contributed by atoms with Crippen molar-refractivity contribution < 1.29 is 35.7 Å². The smallest absolute Gasteiger partial charge is 0.405 e. The number of halogens is 6. The Balaban J connectivity index is 3.28. The first kappa shape index (κ1) is 12.6. The van der Waals surface area contributed by atoms with E-state index in [1.165, 1.54) is 0 Å². The summed E-state index contributed by atoms with van der Waals surface area (Å²) in [5.41, 5.74) is 0. The Morgan fingerprint density at radius 3 is 1.31 bits per heavy atom. The minimum absolute atomic E-state index is 1.03. The molecule has 0 spiro atoms. The summed E-state index contributed by atoms with van der Waals surface area (Å²) in [6.45, 7) is -3.24. The van der Waals surface area contributed by atoms with Crippen LogP contribution in [0.15, 0.2) is 0 Å². The van der Waals surface area contributed by atoms with E-state index in [0.717, 1.165) is 0 Å². The summed E-state index contributed by atoms with van der Waals surface area (Å²) in [5.74, 6) is 0. The monoisotopic (exact) mass is 210 g/mol. The highest BCUT2D eigenvalue weighted by atomic mass is 19.4. The van der Waals surface area contributed by atoms with Crippen LogP contribution in [0.1, 0.15) is 0 Å². The molecule has 0 aliphatic rings. The Hall–Kier alpha value is -0.435. The fourth-order valence-corrected chi connectivity index (χ4v) is 0.374. The van der Waals surface area contributed by atoms with Crippen LogP contribution in [0.5, 0.6) is 0 Å². The van der Waals surface area contributed by atoms with E-state index in [9.17, 15) is 26.3 Å². The quantitative estimate of drug-likeness (QED) is 0.396. The van der Waals surface area contributed by atoms with Gasteiger partial charge < -0.3 is 9.31 Å². The maximum Gasteiger partial charge on any atom is 0.438 e. The third-order valence-electron chi connectivity index (χ3n) is 0.698. The molecule has 0 N–H and O–H groups in total. The fourth-order valence-electron chi connectivity index (χ4n) is 0.374. The van der Waals surface area contributed by atoms with E-state index in [4.69, 9.17) is 0 Å². The molecule has 0 saturated carbocycles. The maximum absolute atomic E-state index is 11.3. The van der Waals surface area contributed by atoms with Gasteiger partial charge in [0.15, 0.2) is 0 Å². The fraction of sp³-hybridized carbons (Fsp3) is 1.00. The first-order valence-electron chi connectivity index (χ1n) is 3.00. The first-order chi connectivity index (χ1) is 5.71. The van der Waals surface area contributed by atoms with E-state index in [1.54, 1.807) is 0 Å². The molecule has 0 aliphatic carbocycles. The molecule has 0 aromatic rings. The van der Waals surface area contributed by atoms with Crippen LogP contribution in [0.25, 0.3) is 0 Å². The summed E-state index contributed by atoms with van der Waals surface area (Å²) in [6, 6.07) is 0. The number of alkyl halides is 6. The Kier molecular flexibility index (Phi) is 4.55. The molecule has 0 rings (SSSR count). The van der Waals surface area contributed by atoms with E-state index >= 15 is 0 Å². The molecule has 0 fully saturated rings. The second kappa shape index (κ2) is 4.70. The van der Waals surface area contributed by atoms with Gasteiger partial charge >= 0.3 is 20.0 Å². The first-order valence-corrected chi connectivity index (χ1v) is 3.00. The summed E-state index contributed by atoms with van der Waals surface area (Å²) in [5, 5.41) is 0. The average Bonchev–Trinajstić information content (AvgIpc) is 1.81. The molecule has 0 aromatic carbocycles. The van der Waals surface area contributed by atoms with Crippen molar-refractivity contribution in [2.75, 3.05) is 13.2 Å². The Morgan fingerprint density at radius 2 is 1.08 bits per heavy atom. The second-order valence-electron chi connectivity index (χ2n) is 2.05. The largest absolute Gasteiger partial charge is 0.438 e. The van der Waals surface area contributed by atoms with E-state index < -0.39 is 33.3 Å². The highest BCUT2D eigenvalue weighted by molar-refractivity contribution is 6.17. The molecular formula is C4H5BF6O2. The summed E-state index contributed by atoms with van der Waals surface area (Å²) in [4.78, 5) is 0. The van der Waals surface area contributed by atoms with Crippen molar-refractivity contribution in [3.05, 3.63) is 0 Å². The molecule has 0 aliphatic heterocycles. The van der Waals surface area contributed by atoms with Crippen LogP contribution < -0.4 is 0 Å². The van der Waals surface area contributed by atoms with Crippen molar-refractivity contribution in [3.63, 3.8) is 0 Å². The lowest BCUT2D eigenvalue weighted by atomic mass is 10.4. The van der Waals surface area contributed by atoms with Gasteiger partial charge in [-0.15, -0.1) is 0 Å². The van der Waals surface area contributed by atoms with Crippen LogP contribution in [-0.2, 0) is 9.31 Å². The van der Waals surface area contributed by atoms with Crippen molar-refractivity contribution in [1.29, 1.82) is 0 Å². The van der Waals surface area contributed by atoms with Gasteiger partial charge in [-0.2, -0.15) is 26.3 Å². The van der Waals surface area contributed by atoms with Gasteiger partial charge in [-0.1, -0.05) is 0 Å². The Bertz CT molecular complexity index is 127. The molecule has 0 aromatic heterocycles. The van der Waals surface area contributed by atoms with Gasteiger partial charge in [0.05, 0.1) is 0 Å². The van der Waals surface area contributed by atoms with Crippen LogP contribution in [0.4, 0.5) is 26.3 Å². The van der Waals surface area contributed by atoms with Crippen molar-refractivity contribution in [1.82, 2.24) is 0 Å². The predicted octanol–water partition coefficient (Wildman–Crippen LogP) is 1.41. The molecule has 0 atom stereocenters. The van der Waals surface area contributed by atoms with Crippen LogP contribution in [0.3, 0.4) is 0 Å². The molecule has 0 radical (unpaired) electrons. The van der Waals surface area contributed by atoms with Crippen LogP contribution in [0, 0.1) is 0 Å². The Labute approximate surface area is 70.1 Å². The van der Waals surface area contributed by atoms with Gasteiger partial charge in [0.2, 0.25) is 0 Å². The minimum atomic E-state index is -4.55. The number of hydrogen-bond donors (Lipinski definition) is 0. The summed E-state index contributed by atoms with van der Waals surface area (Å²) >= 11 is 0. The molecule has 0 heterocycles. The highest BCUT2D eigenvalue weighted by Gasteiger charge is 2.29. The standard InChI is InChI=1S/C4H5BF6O2/c6-3(7,8)1-12-5-13-2-4(9,10)11/h5H,1-2H2. The van der Waals surface area contributed by atoms with Gasteiger partial charge in [0, 0.05) is 0 Å². The molecule has 0 amide bonds. The van der Waals surface area contributed by atoms with Crippen LogP contribution in [-0.4, -0.2) is 33.3 Å². The van der Waals surface area contributed by atoms with Gasteiger partial charge in [-0.3, -0.25) is 0 Å². The van der Waals surface area contributed by atoms with Crippen molar-refractivity contribution in [3.8, 4) is 0 Å². The molecule has 0 saturated heterocycles. The van der Waals surface area contributed by atoms with E-state index in [2.05, 4.69) is 9.31 Å². The minimum Gasteiger partial charge on any atom is -0.405 e. The molecular weight excluding hydrogens is 205 g/mol. The summed E-state index contributed by atoms with van der Waals surface area (Å²) < 4.78 is 75.4. The summed E-state index contributed by atoms with van der Waals surface area (Å²) in [6.07, 6.45) is -9.11. The van der Waals surface area contributed by atoms with Crippen LogP contribution in [0.2, 0.25) is 0 Å². The molecule has 0 unspecified atom stereocenters. The topological polar surface area (TPSA) is 18.5 Å². The summed E-state index contributed by atoms with van der Waals surface area (Å²) in [7, 11) is -1.03. The third-order valence-corrected chi connectivity index (χ3v) is 0.698. The van der Waals surface area contributed by atoms with Gasteiger partial charge in [0.25, 0.3) is 0 Å². The zero-order valence-corrected chi connectivity index (χ0v) is 6.21. The highest BCUT2D eigenvalue weighted by Crippen LogP contribution is 2.15. The lowest BCUT2D eigenvalue weighted by molar-refractivity contribution is -0.166. The zero-order valence-electron chi connectivity index (χ0n) is 6.21. The molecule has 9 heteroatoms. The van der Waals surface area contributed by atoms with Crippen molar-refractivity contribution in [2.24, 2.45) is 0 Å². The third kappa shape index (κ3) is 11.6. The lowest BCUT2D eigenvalue weighted by Crippen LogP contribution is -2.23. The Morgan fingerprint density at radius 1 is 0.769 bits per heavy atom. The number of hydrogen-bond acceptors (Lipinski definition) is 2. The second-order valence-corrected chi connectivity index (χ2v) is 2.05. The van der Waals surface area contributed by atoms with Gasteiger partial charge in [-0.05, 0) is 0 Å². The predicted molar refractivity (Wildman–Crippen MR) is 31.2 cm³/mol. The van der Waals surface area contributed by atoms with E-state index in [-0.39, 0.29) is 0 Å². The SMILES string of the molecule is FC(F)(F)COBOCC(F)(F)F. The van der Waals surface area contributed by atoms with Crippen molar-refractivity contribution >= 4 is 7.69 Å². The van der Waals surface area contributed by atoms with Crippen LogP contribution >= 0.6 is 0 Å². The lowest BCUT2D eigenvalue weighted by Gasteiger charge is -2.08. The zero-order chi connectivity index (χ0) is 10.5. The number of rotatable bonds is 4. The normalized spacial score (nSPS) is 13.1. The van der Waals surface area contributed by atoms with E-state index in [1.807, 2.05) is 0 Å². The molecule has 0 bridgehead atoms. The molecule has 13 heavy (non-hydrogen) atoms.